The van der Waals surface area contributed by atoms with E-state index in [2.05, 4.69) is 19.1 Å². The minimum absolute atomic E-state index is 0.0984. The van der Waals surface area contributed by atoms with Gasteiger partial charge in [-0.05, 0) is 47.6 Å². The van der Waals surface area contributed by atoms with E-state index >= 15 is 0 Å². The number of primary sulfonamides is 1. The fraction of sp³-hybridized carbons (Fsp3) is 0.350. The van der Waals surface area contributed by atoms with Crippen LogP contribution in [0.1, 0.15) is 42.4 Å². The molecule has 0 saturated carbocycles. The number of nitrogens with two attached hydrogens (primary N) is 1. The minimum Gasteiger partial charge on any atom is -0.338 e. The third-order valence-electron chi connectivity index (χ3n) is 5.06. The molecule has 0 radical (unpaired) electrons. The number of fused-ring (bicyclic) bond motifs is 1. The predicted molar refractivity (Wildman–Crippen MR) is 101 cm³/mol. The van der Waals surface area contributed by atoms with Gasteiger partial charge < -0.3 is 4.90 Å². The maximum absolute atomic E-state index is 12.8. The fourth-order valence-corrected chi connectivity index (χ4v) is 4.05. The van der Waals surface area contributed by atoms with Crippen molar-refractivity contribution in [3.8, 4) is 0 Å². The van der Waals surface area contributed by atoms with Gasteiger partial charge in [0.15, 0.2) is 0 Å². The molecule has 6 heteroatoms. The Bertz CT molecular complexity index is 895. The van der Waals surface area contributed by atoms with E-state index in [1.807, 2.05) is 23.1 Å². The number of nitrogens with zero attached hydrogens (tertiary/aromatic N) is 1. The normalized spacial score (nSPS) is 15.4. The monoisotopic (exact) mass is 372 g/mol. The Morgan fingerprint density at radius 3 is 2.54 bits per heavy atom. The lowest BCUT2D eigenvalue weighted by molar-refractivity contribution is -0.132. The van der Waals surface area contributed by atoms with E-state index in [-0.39, 0.29) is 16.7 Å². The molecule has 3 rings (SSSR count). The standard InChI is InChI=1S/C20H24N2O3S/c1-2-15(16-6-4-3-5-7-16)13-20(23)22-11-10-17-8-9-19(26(21,24)25)12-18(17)14-22/h3-9,12,15H,2,10-11,13-14H2,1H3,(H2,21,24,25). The quantitative estimate of drug-likeness (QED) is 0.876. The Morgan fingerprint density at radius 1 is 1.15 bits per heavy atom. The predicted octanol–water partition coefficient (Wildman–Crippen LogP) is 2.80. The SMILES string of the molecule is CCC(CC(=O)N1CCc2ccc(S(N)(=O)=O)cc2C1)c1ccccc1. The van der Waals surface area contributed by atoms with Crippen molar-refractivity contribution < 1.29 is 13.2 Å². The summed E-state index contributed by atoms with van der Waals surface area (Å²) in [5.41, 5.74) is 3.12. The van der Waals surface area contributed by atoms with Crippen LogP contribution in [0.2, 0.25) is 0 Å². The molecule has 1 atom stereocenters. The zero-order valence-corrected chi connectivity index (χ0v) is 15.7. The molecule has 0 aromatic heterocycles. The van der Waals surface area contributed by atoms with Gasteiger partial charge in [-0.3, -0.25) is 4.79 Å². The smallest absolute Gasteiger partial charge is 0.238 e. The highest BCUT2D eigenvalue weighted by molar-refractivity contribution is 7.89. The van der Waals surface area contributed by atoms with Crippen LogP contribution in [0.5, 0.6) is 0 Å². The van der Waals surface area contributed by atoms with Crippen molar-refractivity contribution in [3.05, 3.63) is 65.2 Å². The van der Waals surface area contributed by atoms with Gasteiger partial charge in [0.05, 0.1) is 4.90 Å². The average Bonchev–Trinajstić information content (AvgIpc) is 2.65. The van der Waals surface area contributed by atoms with Crippen molar-refractivity contribution in [3.63, 3.8) is 0 Å². The molecular formula is C20H24N2O3S. The van der Waals surface area contributed by atoms with E-state index in [4.69, 9.17) is 5.14 Å². The van der Waals surface area contributed by atoms with Crippen molar-refractivity contribution in [2.75, 3.05) is 6.54 Å². The summed E-state index contributed by atoms with van der Waals surface area (Å²) in [5.74, 6) is 0.299. The molecule has 2 aromatic carbocycles. The molecule has 0 bridgehead atoms. The van der Waals surface area contributed by atoms with Crippen LogP contribution in [0, 0.1) is 0 Å². The number of hydrogen-bond donors (Lipinski definition) is 1. The fourth-order valence-electron chi connectivity index (χ4n) is 3.49. The number of sulfonamides is 1. The van der Waals surface area contributed by atoms with E-state index in [1.165, 1.54) is 11.6 Å². The van der Waals surface area contributed by atoms with Crippen LogP contribution in [0.4, 0.5) is 0 Å². The number of hydrogen-bond acceptors (Lipinski definition) is 3. The molecule has 26 heavy (non-hydrogen) atoms. The third-order valence-corrected chi connectivity index (χ3v) is 5.97. The summed E-state index contributed by atoms with van der Waals surface area (Å²) < 4.78 is 23.1. The molecule has 1 heterocycles. The molecule has 1 aliphatic heterocycles. The number of carbonyl (C=O) groups excluding carboxylic acids is 1. The topological polar surface area (TPSA) is 80.5 Å². The van der Waals surface area contributed by atoms with E-state index in [9.17, 15) is 13.2 Å². The number of amides is 1. The molecule has 1 unspecified atom stereocenters. The molecule has 0 spiro atoms. The molecule has 0 fully saturated rings. The average molecular weight is 372 g/mol. The first-order valence-electron chi connectivity index (χ1n) is 8.86. The Kier molecular flexibility index (Phi) is 5.44. The number of carbonyl (C=O) groups is 1. The summed E-state index contributed by atoms with van der Waals surface area (Å²) in [4.78, 5) is 14.7. The van der Waals surface area contributed by atoms with Crippen molar-refractivity contribution in [2.24, 2.45) is 5.14 Å². The third kappa shape index (κ3) is 4.14. The van der Waals surface area contributed by atoms with Crippen molar-refractivity contribution in [1.29, 1.82) is 0 Å². The highest BCUT2D eigenvalue weighted by atomic mass is 32.2. The number of benzene rings is 2. The van der Waals surface area contributed by atoms with Gasteiger partial charge in [0.1, 0.15) is 0 Å². The second-order valence-corrected chi connectivity index (χ2v) is 8.32. The number of rotatable bonds is 5. The van der Waals surface area contributed by atoms with E-state index in [1.54, 1.807) is 12.1 Å². The highest BCUT2D eigenvalue weighted by Crippen LogP contribution is 2.27. The molecule has 1 aliphatic rings. The zero-order chi connectivity index (χ0) is 18.7. The van der Waals surface area contributed by atoms with Gasteiger partial charge in [-0.2, -0.15) is 0 Å². The van der Waals surface area contributed by atoms with Crippen LogP contribution in [0.15, 0.2) is 53.4 Å². The van der Waals surface area contributed by atoms with Crippen molar-refractivity contribution in [1.82, 2.24) is 4.90 Å². The molecule has 5 nitrogen and oxygen atoms in total. The maximum atomic E-state index is 12.8. The minimum atomic E-state index is -3.74. The van der Waals surface area contributed by atoms with Crippen molar-refractivity contribution >= 4 is 15.9 Å². The molecule has 138 valence electrons. The largest absolute Gasteiger partial charge is 0.338 e. The first-order valence-corrected chi connectivity index (χ1v) is 10.4. The van der Waals surface area contributed by atoms with Gasteiger partial charge in [-0.15, -0.1) is 0 Å². The lowest BCUT2D eigenvalue weighted by Crippen LogP contribution is -2.36. The molecule has 2 N–H and O–H groups in total. The second kappa shape index (κ2) is 7.60. The molecule has 0 saturated heterocycles. The summed E-state index contributed by atoms with van der Waals surface area (Å²) in [6.45, 7) is 3.18. The van der Waals surface area contributed by atoms with Crippen LogP contribution >= 0.6 is 0 Å². The van der Waals surface area contributed by atoms with Gasteiger partial charge in [0, 0.05) is 19.5 Å². The summed E-state index contributed by atoms with van der Waals surface area (Å²) in [6, 6.07) is 15.0. The van der Waals surface area contributed by atoms with E-state index < -0.39 is 10.0 Å². The van der Waals surface area contributed by atoms with Crippen LogP contribution in [0.25, 0.3) is 0 Å². The first kappa shape index (κ1) is 18.6. The van der Waals surface area contributed by atoms with Gasteiger partial charge in [-0.25, -0.2) is 13.6 Å². The van der Waals surface area contributed by atoms with Crippen LogP contribution in [-0.4, -0.2) is 25.8 Å². The van der Waals surface area contributed by atoms with E-state index in [0.29, 0.717) is 19.5 Å². The van der Waals surface area contributed by atoms with Crippen LogP contribution < -0.4 is 5.14 Å². The Morgan fingerprint density at radius 2 is 1.88 bits per heavy atom. The van der Waals surface area contributed by atoms with Gasteiger partial charge in [-0.1, -0.05) is 43.3 Å². The molecular weight excluding hydrogens is 348 g/mol. The van der Waals surface area contributed by atoms with E-state index in [0.717, 1.165) is 24.0 Å². The van der Waals surface area contributed by atoms with Crippen LogP contribution in [0.3, 0.4) is 0 Å². The summed E-state index contributed by atoms with van der Waals surface area (Å²) in [7, 11) is -3.74. The first-order chi connectivity index (χ1) is 12.4. The Hall–Kier alpha value is -2.18. The summed E-state index contributed by atoms with van der Waals surface area (Å²) in [6.07, 6.45) is 2.09. The van der Waals surface area contributed by atoms with Crippen LogP contribution in [-0.2, 0) is 27.8 Å². The lowest BCUT2D eigenvalue weighted by Gasteiger charge is -2.30. The van der Waals surface area contributed by atoms with Gasteiger partial charge >= 0.3 is 0 Å². The zero-order valence-electron chi connectivity index (χ0n) is 14.9. The summed E-state index contributed by atoms with van der Waals surface area (Å²) in [5, 5.41) is 5.22. The lowest BCUT2D eigenvalue weighted by atomic mass is 9.92. The second-order valence-electron chi connectivity index (χ2n) is 6.76. The Balaban J connectivity index is 1.74. The van der Waals surface area contributed by atoms with Gasteiger partial charge in [0.25, 0.3) is 0 Å². The molecule has 2 aromatic rings. The highest BCUT2D eigenvalue weighted by Gasteiger charge is 2.24. The van der Waals surface area contributed by atoms with Crippen molar-refractivity contribution in [2.45, 2.75) is 43.5 Å². The Labute approximate surface area is 154 Å². The molecule has 1 amide bonds. The van der Waals surface area contributed by atoms with Gasteiger partial charge in [0.2, 0.25) is 15.9 Å². The maximum Gasteiger partial charge on any atom is 0.238 e. The molecule has 0 aliphatic carbocycles. The summed E-state index contributed by atoms with van der Waals surface area (Å²) >= 11 is 0.